The van der Waals surface area contributed by atoms with E-state index in [0.29, 0.717) is 49.6 Å². The maximum Gasteiger partial charge on any atom is 0.269 e. The Kier molecular flexibility index (Phi) is 6.73. The summed E-state index contributed by atoms with van der Waals surface area (Å²) in [4.78, 5) is 24.7. The summed E-state index contributed by atoms with van der Waals surface area (Å²) in [5.41, 5.74) is 3.03. The Morgan fingerprint density at radius 2 is 1.77 bits per heavy atom. The van der Waals surface area contributed by atoms with E-state index in [2.05, 4.69) is 9.80 Å². The number of nitro groups is 1. The molecule has 182 valence electrons. The van der Waals surface area contributed by atoms with Crippen molar-refractivity contribution in [3.05, 3.63) is 75.5 Å². The predicted octanol–water partition coefficient (Wildman–Crippen LogP) is 3.58. The van der Waals surface area contributed by atoms with Crippen molar-refractivity contribution in [2.45, 2.75) is 19.5 Å². The van der Waals surface area contributed by atoms with Gasteiger partial charge in [0.15, 0.2) is 11.5 Å². The lowest BCUT2D eigenvalue weighted by molar-refractivity contribution is -0.384. The number of fused-ring (bicyclic) bond motifs is 1. The topological polar surface area (TPSA) is 103 Å². The average molecular weight is 478 g/mol. The molecule has 0 saturated carbocycles. The van der Waals surface area contributed by atoms with E-state index in [-0.39, 0.29) is 10.6 Å². The van der Waals surface area contributed by atoms with Gasteiger partial charge in [-0.15, -0.1) is 0 Å². The first kappa shape index (κ1) is 23.0. The minimum absolute atomic E-state index is 0.0919. The lowest BCUT2D eigenvalue weighted by Gasteiger charge is -2.32. The number of aromatic nitrogens is 2. The Morgan fingerprint density at radius 1 is 1.03 bits per heavy atom. The first-order valence-corrected chi connectivity index (χ1v) is 11.6. The number of benzene rings is 2. The number of nitro benzene ring substituents is 1. The Morgan fingerprint density at radius 3 is 2.49 bits per heavy atom. The summed E-state index contributed by atoms with van der Waals surface area (Å²) in [5, 5.41) is 11.0. The first-order valence-electron chi connectivity index (χ1n) is 11.6. The van der Waals surface area contributed by atoms with Crippen LogP contribution in [0, 0.1) is 10.1 Å². The molecule has 0 atom stereocenters. The van der Waals surface area contributed by atoms with Gasteiger partial charge in [-0.1, -0.05) is 24.3 Å². The molecule has 10 nitrogen and oxygen atoms in total. The number of morpholine rings is 1. The summed E-state index contributed by atoms with van der Waals surface area (Å²) in [6.45, 7) is 4.85. The summed E-state index contributed by atoms with van der Waals surface area (Å²) in [7, 11) is 1.61. The highest BCUT2D eigenvalue weighted by atomic mass is 16.6. The Balaban J connectivity index is 1.43. The molecule has 0 spiro atoms. The van der Waals surface area contributed by atoms with Crippen LogP contribution in [0.3, 0.4) is 0 Å². The number of anilines is 1. The highest BCUT2D eigenvalue weighted by Crippen LogP contribution is 2.35. The lowest BCUT2D eigenvalue weighted by Crippen LogP contribution is -2.38. The van der Waals surface area contributed by atoms with Gasteiger partial charge in [0, 0.05) is 51.3 Å². The number of non-ortho nitro benzene ring substituents is 1. The zero-order valence-corrected chi connectivity index (χ0v) is 19.6. The zero-order chi connectivity index (χ0) is 24.2. The van der Waals surface area contributed by atoms with Crippen LogP contribution in [0.1, 0.15) is 16.8 Å². The van der Waals surface area contributed by atoms with Crippen molar-refractivity contribution in [1.29, 1.82) is 0 Å². The van der Waals surface area contributed by atoms with E-state index in [1.54, 1.807) is 31.4 Å². The van der Waals surface area contributed by atoms with Crippen LogP contribution in [0.2, 0.25) is 0 Å². The highest BCUT2D eigenvalue weighted by molar-refractivity contribution is 5.47. The van der Waals surface area contributed by atoms with E-state index in [0.717, 1.165) is 42.9 Å². The van der Waals surface area contributed by atoms with Gasteiger partial charge in [0.2, 0.25) is 11.8 Å². The molecular formula is C25H27N5O5. The first-order chi connectivity index (χ1) is 17.1. The highest BCUT2D eigenvalue weighted by Gasteiger charge is 2.26. The van der Waals surface area contributed by atoms with Crippen molar-refractivity contribution in [3.8, 4) is 17.4 Å². The van der Waals surface area contributed by atoms with E-state index in [4.69, 9.17) is 24.2 Å². The Bertz CT molecular complexity index is 1200. The van der Waals surface area contributed by atoms with Crippen LogP contribution in [0.25, 0.3) is 0 Å². The molecule has 3 aromatic rings. The Hall–Kier alpha value is -3.76. The van der Waals surface area contributed by atoms with E-state index in [1.807, 2.05) is 24.3 Å². The molecule has 1 fully saturated rings. The molecule has 0 bridgehead atoms. The molecule has 3 heterocycles. The van der Waals surface area contributed by atoms with Crippen molar-refractivity contribution >= 4 is 11.6 Å². The van der Waals surface area contributed by atoms with Crippen molar-refractivity contribution in [2.75, 3.05) is 44.9 Å². The molecule has 0 radical (unpaired) electrons. The average Bonchev–Trinajstić information content (AvgIpc) is 2.90. The van der Waals surface area contributed by atoms with E-state index in [1.165, 1.54) is 0 Å². The summed E-state index contributed by atoms with van der Waals surface area (Å²) in [5.74, 6) is 2.40. The van der Waals surface area contributed by atoms with Gasteiger partial charge < -0.3 is 19.1 Å². The number of hydrogen-bond donors (Lipinski definition) is 0. The number of hydrogen-bond acceptors (Lipinski definition) is 9. The van der Waals surface area contributed by atoms with Crippen molar-refractivity contribution in [1.82, 2.24) is 14.9 Å². The van der Waals surface area contributed by atoms with Gasteiger partial charge in [-0.2, -0.15) is 4.98 Å². The predicted molar refractivity (Wildman–Crippen MR) is 129 cm³/mol. The second kappa shape index (κ2) is 10.2. The van der Waals surface area contributed by atoms with Gasteiger partial charge in [-0.3, -0.25) is 15.0 Å². The van der Waals surface area contributed by atoms with E-state index >= 15 is 0 Å². The normalized spacial score (nSPS) is 16.0. The van der Waals surface area contributed by atoms with Crippen molar-refractivity contribution < 1.29 is 19.1 Å². The Labute approximate surface area is 203 Å². The molecule has 0 N–H and O–H groups in total. The molecule has 0 unspecified atom stereocenters. The molecule has 10 heteroatoms. The molecule has 2 aromatic carbocycles. The fraction of sp³-hybridized carbons (Fsp3) is 0.360. The number of methoxy groups -OCH3 is 1. The third kappa shape index (κ3) is 5.18. The molecule has 2 aliphatic heterocycles. The maximum atomic E-state index is 11.0. The summed E-state index contributed by atoms with van der Waals surface area (Å²) in [6.07, 6.45) is 0.754. The third-order valence-electron chi connectivity index (χ3n) is 6.21. The fourth-order valence-electron chi connectivity index (χ4n) is 4.34. The molecule has 35 heavy (non-hydrogen) atoms. The standard InChI is InChI=1S/C25H27N5O5/c1-33-22-4-2-3-5-23(22)35-24-20-17-28(16-18-6-8-19(9-7-18)30(31)32)11-10-21(20)26-25(27-24)29-12-14-34-15-13-29/h2-9H,10-17H2,1H3. The minimum atomic E-state index is -0.383. The lowest BCUT2D eigenvalue weighted by atomic mass is 10.1. The zero-order valence-electron chi connectivity index (χ0n) is 19.6. The summed E-state index contributed by atoms with van der Waals surface area (Å²) in [6, 6.07) is 14.2. The third-order valence-corrected chi connectivity index (χ3v) is 6.21. The van der Waals surface area contributed by atoms with E-state index < -0.39 is 0 Å². The van der Waals surface area contributed by atoms with Crippen LogP contribution in [-0.2, 0) is 24.2 Å². The minimum Gasteiger partial charge on any atom is -0.493 e. The van der Waals surface area contributed by atoms with Gasteiger partial charge in [-0.25, -0.2) is 4.98 Å². The van der Waals surface area contributed by atoms with Crippen LogP contribution < -0.4 is 14.4 Å². The van der Waals surface area contributed by atoms with Crippen LogP contribution >= 0.6 is 0 Å². The van der Waals surface area contributed by atoms with Crippen LogP contribution in [0.5, 0.6) is 17.4 Å². The maximum absolute atomic E-state index is 11.0. The fourth-order valence-corrected chi connectivity index (χ4v) is 4.34. The second-order valence-electron chi connectivity index (χ2n) is 8.49. The quantitative estimate of drug-likeness (QED) is 0.373. The van der Waals surface area contributed by atoms with Crippen LogP contribution in [0.4, 0.5) is 11.6 Å². The number of ether oxygens (including phenoxy) is 3. The van der Waals surface area contributed by atoms with Gasteiger partial charge in [-0.05, 0) is 17.7 Å². The molecule has 0 aliphatic carbocycles. The summed E-state index contributed by atoms with van der Waals surface area (Å²) >= 11 is 0. The molecular weight excluding hydrogens is 450 g/mol. The number of rotatable bonds is 7. The van der Waals surface area contributed by atoms with Crippen molar-refractivity contribution in [3.63, 3.8) is 0 Å². The molecule has 0 amide bonds. The summed E-state index contributed by atoms with van der Waals surface area (Å²) < 4.78 is 17.3. The monoisotopic (exact) mass is 477 g/mol. The SMILES string of the molecule is COc1ccccc1Oc1nc(N2CCOCC2)nc2c1CN(Cc1ccc([N+](=O)[O-])cc1)CC2. The smallest absolute Gasteiger partial charge is 0.269 e. The second-order valence-corrected chi connectivity index (χ2v) is 8.49. The molecule has 1 aromatic heterocycles. The molecule has 5 rings (SSSR count). The number of nitrogens with zero attached hydrogens (tertiary/aromatic N) is 5. The van der Waals surface area contributed by atoms with Gasteiger partial charge in [0.1, 0.15) is 0 Å². The largest absolute Gasteiger partial charge is 0.493 e. The van der Waals surface area contributed by atoms with E-state index in [9.17, 15) is 10.1 Å². The molecule has 2 aliphatic rings. The van der Waals surface area contributed by atoms with Gasteiger partial charge in [0.25, 0.3) is 5.69 Å². The van der Waals surface area contributed by atoms with Gasteiger partial charge >= 0.3 is 0 Å². The van der Waals surface area contributed by atoms with Gasteiger partial charge in [0.05, 0.1) is 36.5 Å². The molecule has 1 saturated heterocycles. The van der Waals surface area contributed by atoms with Crippen LogP contribution in [-0.4, -0.2) is 59.7 Å². The number of para-hydroxylation sites is 2. The van der Waals surface area contributed by atoms with Crippen molar-refractivity contribution in [2.24, 2.45) is 0 Å². The van der Waals surface area contributed by atoms with Crippen LogP contribution in [0.15, 0.2) is 48.5 Å².